The molecule has 2 rings (SSSR count). The lowest BCUT2D eigenvalue weighted by Crippen LogP contribution is -2.31. The first-order valence-electron chi connectivity index (χ1n) is 7.04. The molecule has 21 heavy (non-hydrogen) atoms. The van der Waals surface area contributed by atoms with Gasteiger partial charge in [-0.15, -0.1) is 0 Å². The molecular formula is C17H20N2O2. The van der Waals surface area contributed by atoms with Crippen molar-refractivity contribution >= 4 is 11.6 Å². The molecule has 0 radical (unpaired) electrons. The zero-order valence-corrected chi connectivity index (χ0v) is 11.8. The van der Waals surface area contributed by atoms with Crippen LogP contribution in [0.25, 0.3) is 0 Å². The van der Waals surface area contributed by atoms with E-state index in [2.05, 4.69) is 10.6 Å². The Morgan fingerprint density at radius 2 is 1.62 bits per heavy atom. The van der Waals surface area contributed by atoms with Gasteiger partial charge in [0.05, 0.1) is 12.6 Å². The Kier molecular flexibility index (Phi) is 5.79. The predicted molar refractivity (Wildman–Crippen MR) is 84.0 cm³/mol. The molecule has 0 saturated heterocycles. The largest absolute Gasteiger partial charge is 0.388 e. The summed E-state index contributed by atoms with van der Waals surface area (Å²) < 4.78 is 0. The number of hydrogen-bond acceptors (Lipinski definition) is 3. The minimum atomic E-state index is -0.548. The van der Waals surface area contributed by atoms with E-state index in [0.717, 1.165) is 11.3 Å². The van der Waals surface area contributed by atoms with Crippen molar-refractivity contribution in [3.05, 3.63) is 66.2 Å². The molecule has 0 bridgehead atoms. The van der Waals surface area contributed by atoms with Gasteiger partial charge in [-0.3, -0.25) is 4.79 Å². The van der Waals surface area contributed by atoms with Crippen LogP contribution < -0.4 is 10.6 Å². The second-order valence-corrected chi connectivity index (χ2v) is 4.78. The Morgan fingerprint density at radius 3 is 2.29 bits per heavy atom. The molecule has 0 aliphatic rings. The normalized spacial score (nSPS) is 11.7. The molecule has 0 spiro atoms. The highest BCUT2D eigenvalue weighted by Crippen LogP contribution is 2.14. The van der Waals surface area contributed by atoms with Crippen molar-refractivity contribution in [1.29, 1.82) is 0 Å². The summed E-state index contributed by atoms with van der Waals surface area (Å²) in [5.41, 5.74) is 1.78. The summed E-state index contributed by atoms with van der Waals surface area (Å²) in [5.74, 6) is -0.0842. The van der Waals surface area contributed by atoms with Gasteiger partial charge in [-0.2, -0.15) is 0 Å². The monoisotopic (exact) mass is 284 g/mol. The van der Waals surface area contributed by atoms with E-state index < -0.39 is 6.10 Å². The van der Waals surface area contributed by atoms with Gasteiger partial charge in [-0.1, -0.05) is 48.5 Å². The molecule has 0 aromatic heterocycles. The maximum absolute atomic E-state index is 11.7. The number of carbonyl (C=O) groups is 1. The van der Waals surface area contributed by atoms with E-state index in [1.165, 1.54) is 0 Å². The molecule has 1 atom stereocenters. The summed E-state index contributed by atoms with van der Waals surface area (Å²) in [6, 6.07) is 19.0. The van der Waals surface area contributed by atoms with Crippen LogP contribution in [0.4, 0.5) is 5.69 Å². The third kappa shape index (κ3) is 5.28. The average Bonchev–Trinajstić information content (AvgIpc) is 2.54. The maximum atomic E-state index is 11.7. The minimum Gasteiger partial charge on any atom is -0.388 e. The maximum Gasteiger partial charge on any atom is 0.239 e. The van der Waals surface area contributed by atoms with Gasteiger partial charge in [0, 0.05) is 12.2 Å². The summed E-state index contributed by atoms with van der Waals surface area (Å²) in [4.78, 5) is 11.7. The van der Waals surface area contributed by atoms with Gasteiger partial charge in [0.2, 0.25) is 5.91 Å². The van der Waals surface area contributed by atoms with Crippen LogP contribution in [-0.2, 0) is 4.79 Å². The molecule has 110 valence electrons. The highest BCUT2D eigenvalue weighted by Gasteiger charge is 2.07. The quantitative estimate of drug-likeness (QED) is 0.731. The lowest BCUT2D eigenvalue weighted by molar-refractivity contribution is -0.119. The fourth-order valence-corrected chi connectivity index (χ4v) is 1.99. The van der Waals surface area contributed by atoms with Gasteiger partial charge >= 0.3 is 0 Å². The number of hydrogen-bond donors (Lipinski definition) is 3. The van der Waals surface area contributed by atoms with Gasteiger partial charge in [0.1, 0.15) is 0 Å². The van der Waals surface area contributed by atoms with Gasteiger partial charge in [-0.25, -0.2) is 0 Å². The third-order valence-corrected chi connectivity index (χ3v) is 3.15. The van der Waals surface area contributed by atoms with Crippen LogP contribution in [0.3, 0.4) is 0 Å². The molecule has 0 aliphatic heterocycles. The van der Waals surface area contributed by atoms with Crippen LogP contribution in [-0.4, -0.2) is 24.1 Å². The third-order valence-electron chi connectivity index (χ3n) is 3.15. The van der Waals surface area contributed by atoms with Crippen LogP contribution in [0.2, 0.25) is 0 Å². The van der Waals surface area contributed by atoms with E-state index in [0.29, 0.717) is 13.0 Å². The molecule has 3 N–H and O–H groups in total. The molecule has 0 fully saturated rings. The number of aliphatic hydroxyl groups excluding tert-OH is 1. The number of benzene rings is 2. The Hall–Kier alpha value is -2.33. The zero-order valence-electron chi connectivity index (χ0n) is 11.8. The van der Waals surface area contributed by atoms with Crippen molar-refractivity contribution in [1.82, 2.24) is 5.32 Å². The van der Waals surface area contributed by atoms with E-state index in [-0.39, 0.29) is 12.5 Å². The number of carbonyl (C=O) groups excluding carboxylic acids is 1. The molecule has 4 nitrogen and oxygen atoms in total. The summed E-state index contributed by atoms with van der Waals surface area (Å²) in [6.07, 6.45) is -0.0465. The Labute approximate surface area is 124 Å². The fourth-order valence-electron chi connectivity index (χ4n) is 1.99. The van der Waals surface area contributed by atoms with Crippen molar-refractivity contribution in [3.8, 4) is 0 Å². The van der Waals surface area contributed by atoms with Gasteiger partial charge in [0.25, 0.3) is 0 Å². The van der Waals surface area contributed by atoms with Crippen LogP contribution in [0.15, 0.2) is 60.7 Å². The summed E-state index contributed by atoms with van der Waals surface area (Å²) in [6.45, 7) is 0.677. The van der Waals surface area contributed by atoms with E-state index in [9.17, 15) is 9.90 Å². The number of anilines is 1. The van der Waals surface area contributed by atoms with Gasteiger partial charge in [-0.05, 0) is 24.1 Å². The fraction of sp³-hybridized carbons (Fsp3) is 0.235. The topological polar surface area (TPSA) is 61.4 Å². The lowest BCUT2D eigenvalue weighted by atomic mass is 10.1. The minimum absolute atomic E-state index is 0.0842. The Balaban J connectivity index is 1.65. The van der Waals surface area contributed by atoms with Crippen LogP contribution in [0.5, 0.6) is 0 Å². The molecule has 1 unspecified atom stereocenters. The average molecular weight is 284 g/mol. The number of rotatable bonds is 7. The molecule has 2 aromatic rings. The van der Waals surface area contributed by atoms with Crippen molar-refractivity contribution in [2.24, 2.45) is 0 Å². The first-order chi connectivity index (χ1) is 10.3. The van der Waals surface area contributed by atoms with E-state index in [1.807, 2.05) is 60.7 Å². The van der Waals surface area contributed by atoms with Crippen molar-refractivity contribution in [2.45, 2.75) is 12.5 Å². The number of nitrogens with one attached hydrogen (secondary N) is 2. The molecule has 4 heteroatoms. The smallest absolute Gasteiger partial charge is 0.239 e. The number of amides is 1. The Bertz CT molecular complexity index is 543. The lowest BCUT2D eigenvalue weighted by Gasteiger charge is -2.12. The zero-order chi connectivity index (χ0) is 14.9. The molecule has 2 aromatic carbocycles. The SMILES string of the molecule is O=C(CNc1ccccc1)NCCC(O)c1ccccc1. The highest BCUT2D eigenvalue weighted by molar-refractivity contribution is 5.80. The summed E-state index contributed by atoms with van der Waals surface area (Å²) in [7, 11) is 0. The highest BCUT2D eigenvalue weighted by atomic mass is 16.3. The molecule has 0 heterocycles. The molecule has 0 saturated carbocycles. The second kappa shape index (κ2) is 8.07. The van der Waals surface area contributed by atoms with Crippen molar-refractivity contribution in [3.63, 3.8) is 0 Å². The number of para-hydroxylation sites is 1. The molecule has 1 amide bonds. The van der Waals surface area contributed by atoms with E-state index >= 15 is 0 Å². The predicted octanol–water partition coefficient (Wildman–Crippen LogP) is 2.34. The van der Waals surface area contributed by atoms with Gasteiger partial charge in [0.15, 0.2) is 0 Å². The van der Waals surface area contributed by atoms with Crippen LogP contribution in [0.1, 0.15) is 18.1 Å². The first kappa shape index (κ1) is 15.1. The standard InChI is InChI=1S/C17H20N2O2/c20-16(14-7-3-1-4-8-14)11-12-18-17(21)13-19-15-9-5-2-6-10-15/h1-10,16,19-20H,11-13H2,(H,18,21). The van der Waals surface area contributed by atoms with E-state index in [1.54, 1.807) is 0 Å². The number of aliphatic hydroxyl groups is 1. The summed E-state index contributed by atoms with van der Waals surface area (Å²) in [5, 5.41) is 15.8. The second-order valence-electron chi connectivity index (χ2n) is 4.78. The van der Waals surface area contributed by atoms with Gasteiger partial charge < -0.3 is 15.7 Å². The molecule has 0 aliphatic carbocycles. The van der Waals surface area contributed by atoms with E-state index in [4.69, 9.17) is 0 Å². The first-order valence-corrected chi connectivity index (χ1v) is 7.04. The van der Waals surface area contributed by atoms with Crippen molar-refractivity contribution in [2.75, 3.05) is 18.4 Å². The summed E-state index contributed by atoms with van der Waals surface area (Å²) >= 11 is 0. The Morgan fingerprint density at radius 1 is 1.00 bits per heavy atom. The molecular weight excluding hydrogens is 264 g/mol. The van der Waals surface area contributed by atoms with Crippen LogP contribution in [0, 0.1) is 0 Å². The van der Waals surface area contributed by atoms with Crippen molar-refractivity contribution < 1.29 is 9.90 Å². The van der Waals surface area contributed by atoms with Crippen LogP contribution >= 0.6 is 0 Å².